The fourth-order valence-electron chi connectivity index (χ4n) is 3.08. The zero-order valence-electron chi connectivity index (χ0n) is 15.4. The molecular formula is C18H19ClN2O7S2. The Morgan fingerprint density at radius 2 is 1.90 bits per heavy atom. The smallest absolute Gasteiger partial charge is 0.322 e. The molecule has 1 aliphatic heterocycles. The van der Waals surface area contributed by atoms with Gasteiger partial charge in [-0.3, -0.25) is 23.4 Å². The Bertz CT molecular complexity index is 1080. The minimum atomic E-state index is -4.05. The van der Waals surface area contributed by atoms with Gasteiger partial charge in [-0.05, 0) is 35.7 Å². The van der Waals surface area contributed by atoms with E-state index >= 15 is 0 Å². The number of rotatable bonds is 7. The summed E-state index contributed by atoms with van der Waals surface area (Å²) < 4.78 is 49.2. The van der Waals surface area contributed by atoms with Crippen LogP contribution in [0.25, 0.3) is 0 Å². The second-order valence-corrected chi connectivity index (χ2v) is 10.8. The Morgan fingerprint density at radius 1 is 1.23 bits per heavy atom. The molecule has 1 aliphatic rings. The van der Waals surface area contributed by atoms with E-state index in [1.54, 1.807) is 6.07 Å². The number of halogens is 1. The molecule has 0 aromatic heterocycles. The van der Waals surface area contributed by atoms with Crippen LogP contribution in [0.3, 0.4) is 0 Å². The monoisotopic (exact) mass is 474 g/mol. The zero-order chi connectivity index (χ0) is 22.1. The highest BCUT2D eigenvalue weighted by molar-refractivity contribution is 8.23. The molecule has 5 N–H and O–H groups in total. The van der Waals surface area contributed by atoms with Crippen LogP contribution in [0, 0.1) is 0 Å². The fraction of sp³-hybridized carbons (Fsp3) is 0.222. The minimum Gasteiger partial charge on any atom is -0.480 e. The maximum Gasteiger partial charge on any atom is 0.322 e. The molecule has 1 unspecified atom stereocenters. The number of sulfonamides is 1. The minimum absolute atomic E-state index is 0.0618. The maximum absolute atomic E-state index is 12.4. The van der Waals surface area contributed by atoms with Gasteiger partial charge >= 0.3 is 5.97 Å². The summed E-state index contributed by atoms with van der Waals surface area (Å²) >= 11 is 6.24. The van der Waals surface area contributed by atoms with Crippen molar-refractivity contribution < 1.29 is 32.2 Å². The first kappa shape index (κ1) is 22.5. The van der Waals surface area contributed by atoms with Crippen molar-refractivity contribution in [1.29, 1.82) is 0 Å². The van der Waals surface area contributed by atoms with E-state index in [0.717, 1.165) is 0 Å². The molecule has 1 fully saturated rings. The van der Waals surface area contributed by atoms with E-state index in [2.05, 4.69) is 9.44 Å². The summed E-state index contributed by atoms with van der Waals surface area (Å²) in [6.45, 7) is 0. The van der Waals surface area contributed by atoms with Gasteiger partial charge in [0.1, 0.15) is 11.3 Å². The average Bonchev–Trinajstić information content (AvgIpc) is 2.93. The number of hydrogen-bond donors (Lipinski definition) is 5. The molecular weight excluding hydrogens is 456 g/mol. The fourth-order valence-corrected chi connectivity index (χ4v) is 6.19. The Balaban J connectivity index is 1.81. The summed E-state index contributed by atoms with van der Waals surface area (Å²) in [6.07, 6.45) is -0.338. The highest BCUT2D eigenvalue weighted by Gasteiger charge is 2.39. The lowest BCUT2D eigenvalue weighted by atomic mass is 10.0. The van der Waals surface area contributed by atoms with Gasteiger partial charge in [0.15, 0.2) is 0 Å². The average molecular weight is 475 g/mol. The van der Waals surface area contributed by atoms with Crippen molar-refractivity contribution >= 4 is 44.3 Å². The number of carbonyl (C=O) groups is 2. The molecule has 2 atom stereocenters. The Labute approximate surface area is 179 Å². The second kappa shape index (κ2) is 8.53. The van der Waals surface area contributed by atoms with Gasteiger partial charge in [-0.2, -0.15) is 4.72 Å². The van der Waals surface area contributed by atoms with Gasteiger partial charge in [0.2, 0.25) is 15.9 Å². The van der Waals surface area contributed by atoms with Crippen LogP contribution in [0.5, 0.6) is 0 Å². The van der Waals surface area contributed by atoms with E-state index < -0.39 is 44.0 Å². The molecule has 0 spiro atoms. The topological polar surface area (TPSA) is 153 Å². The largest absolute Gasteiger partial charge is 0.480 e. The van der Waals surface area contributed by atoms with Gasteiger partial charge in [-0.25, -0.2) is 8.42 Å². The van der Waals surface area contributed by atoms with E-state index in [0.29, 0.717) is 11.1 Å². The highest BCUT2D eigenvalue weighted by Crippen LogP contribution is 2.57. The summed E-state index contributed by atoms with van der Waals surface area (Å²) in [7, 11) is -7.44. The molecule has 0 saturated carbocycles. The van der Waals surface area contributed by atoms with E-state index in [9.17, 15) is 32.2 Å². The van der Waals surface area contributed by atoms with Gasteiger partial charge in [-0.15, -0.1) is 10.8 Å². The first-order valence-corrected chi connectivity index (χ1v) is 12.1. The van der Waals surface area contributed by atoms with Gasteiger partial charge in [-0.1, -0.05) is 41.9 Å². The molecule has 2 aromatic rings. The van der Waals surface area contributed by atoms with Crippen LogP contribution >= 0.6 is 22.4 Å². The molecule has 1 heterocycles. The van der Waals surface area contributed by atoms with E-state index in [1.165, 1.54) is 42.5 Å². The van der Waals surface area contributed by atoms with Crippen molar-refractivity contribution in [3.8, 4) is 0 Å². The maximum atomic E-state index is 12.4. The Kier molecular flexibility index (Phi) is 6.41. The number of carbonyl (C=O) groups excluding carboxylic acids is 1. The van der Waals surface area contributed by atoms with Crippen LogP contribution < -0.4 is 9.44 Å². The van der Waals surface area contributed by atoms with Gasteiger partial charge in [0, 0.05) is 5.02 Å². The van der Waals surface area contributed by atoms with Crippen molar-refractivity contribution in [2.24, 2.45) is 0 Å². The Morgan fingerprint density at radius 3 is 2.43 bits per heavy atom. The van der Waals surface area contributed by atoms with Crippen molar-refractivity contribution in [2.75, 3.05) is 0 Å². The van der Waals surface area contributed by atoms with Crippen molar-refractivity contribution in [1.82, 2.24) is 9.44 Å². The van der Waals surface area contributed by atoms with Crippen molar-refractivity contribution in [2.45, 2.75) is 29.0 Å². The number of aliphatic carboxylic acids is 1. The summed E-state index contributed by atoms with van der Waals surface area (Å²) in [5.74, 6) is -1.88. The molecule has 30 heavy (non-hydrogen) atoms. The predicted octanol–water partition coefficient (Wildman–Crippen LogP) is 2.54. The van der Waals surface area contributed by atoms with E-state index in [-0.39, 0.29) is 22.8 Å². The van der Waals surface area contributed by atoms with Crippen LogP contribution in [-0.2, 0) is 26.0 Å². The molecule has 1 saturated heterocycles. The standard InChI is InChI=1S/C18H19ClN2O7S2/c19-14-8-11(6-7-13(14)16-10-17(22)21-30(16,27)28)9-15(18(23)24)20-29(25,26)12-4-2-1-3-5-12/h1-8,15-16,20,27-28H,9-10H2,(H,21,22)(H,23,24)/t15-,16?/m0/s1. The first-order valence-electron chi connectivity index (χ1n) is 8.66. The summed E-state index contributed by atoms with van der Waals surface area (Å²) in [5, 5.41) is 8.67. The van der Waals surface area contributed by atoms with Crippen LogP contribution in [-0.4, -0.2) is 40.5 Å². The summed E-state index contributed by atoms with van der Waals surface area (Å²) in [6, 6.07) is 10.3. The van der Waals surface area contributed by atoms with Crippen molar-refractivity contribution in [3.05, 3.63) is 64.7 Å². The van der Waals surface area contributed by atoms with Gasteiger partial charge in [0.25, 0.3) is 0 Å². The summed E-state index contributed by atoms with van der Waals surface area (Å²) in [5.41, 5.74) is 0.746. The third-order valence-electron chi connectivity index (χ3n) is 4.53. The van der Waals surface area contributed by atoms with Crippen LogP contribution in [0.4, 0.5) is 0 Å². The first-order chi connectivity index (χ1) is 14.0. The molecule has 3 rings (SSSR count). The number of hydrogen-bond acceptors (Lipinski definition) is 6. The molecule has 0 aliphatic carbocycles. The molecule has 9 nitrogen and oxygen atoms in total. The number of carboxylic acids is 1. The lowest BCUT2D eigenvalue weighted by Crippen LogP contribution is -2.42. The van der Waals surface area contributed by atoms with Crippen LogP contribution in [0.15, 0.2) is 53.4 Å². The lowest BCUT2D eigenvalue weighted by molar-refractivity contribution is -0.139. The quantitative estimate of drug-likeness (QED) is 0.413. The van der Waals surface area contributed by atoms with Crippen molar-refractivity contribution in [3.63, 3.8) is 0 Å². The molecule has 12 heteroatoms. The van der Waals surface area contributed by atoms with E-state index in [4.69, 9.17) is 11.6 Å². The molecule has 0 radical (unpaired) electrons. The summed E-state index contributed by atoms with van der Waals surface area (Å²) in [4.78, 5) is 23.1. The lowest BCUT2D eigenvalue weighted by Gasteiger charge is -2.33. The zero-order valence-corrected chi connectivity index (χ0v) is 17.7. The van der Waals surface area contributed by atoms with Gasteiger partial charge in [0.05, 0.1) is 11.3 Å². The predicted molar refractivity (Wildman–Crippen MR) is 112 cm³/mol. The number of amides is 1. The molecule has 1 amide bonds. The molecule has 0 bridgehead atoms. The second-order valence-electron chi connectivity index (χ2n) is 6.70. The van der Waals surface area contributed by atoms with E-state index in [1.807, 2.05) is 0 Å². The normalized spacial score (nSPS) is 20.4. The van der Waals surface area contributed by atoms with Gasteiger partial charge < -0.3 is 5.11 Å². The Hall–Kier alpha value is -2.15. The molecule has 162 valence electrons. The third-order valence-corrected chi connectivity index (χ3v) is 8.09. The number of carboxylic acid groups (broad SMARTS) is 1. The number of nitrogens with one attached hydrogen (secondary N) is 2. The molecule has 2 aromatic carbocycles. The SMILES string of the molecule is O=C1CC(c2ccc(C[C@H](NS(=O)(=O)c3ccccc3)C(=O)O)cc2Cl)S(O)(O)N1. The number of benzene rings is 2. The van der Waals surface area contributed by atoms with Crippen LogP contribution in [0.1, 0.15) is 22.8 Å². The van der Waals surface area contributed by atoms with Crippen LogP contribution in [0.2, 0.25) is 5.02 Å². The highest BCUT2D eigenvalue weighted by atomic mass is 35.5. The third kappa shape index (κ3) is 4.94.